The highest BCUT2D eigenvalue weighted by atomic mass is 79.9. The summed E-state index contributed by atoms with van der Waals surface area (Å²) in [6.45, 7) is 1.70. The molecule has 0 aliphatic rings. The van der Waals surface area contributed by atoms with Gasteiger partial charge in [-0.3, -0.25) is 0 Å². The van der Waals surface area contributed by atoms with Crippen LogP contribution < -0.4 is 10.2 Å². The van der Waals surface area contributed by atoms with Gasteiger partial charge < -0.3 is 10.2 Å². The maximum atomic E-state index is 4.43. The van der Waals surface area contributed by atoms with Gasteiger partial charge in [-0.05, 0) is 42.4 Å². The molecular formula is C15H18BrN3. The predicted molar refractivity (Wildman–Crippen MR) is 83.2 cm³/mol. The molecule has 1 N–H and O–H groups in total. The second-order valence-corrected chi connectivity index (χ2v) is 5.45. The zero-order valence-corrected chi connectivity index (χ0v) is 12.8. The van der Waals surface area contributed by atoms with E-state index in [0.717, 1.165) is 23.4 Å². The van der Waals surface area contributed by atoms with Crippen LogP contribution in [0.15, 0.2) is 47.1 Å². The highest BCUT2D eigenvalue weighted by molar-refractivity contribution is 9.10. The van der Waals surface area contributed by atoms with Crippen molar-refractivity contribution in [2.24, 2.45) is 0 Å². The smallest absolute Gasteiger partial charge is 0.128 e. The van der Waals surface area contributed by atoms with Gasteiger partial charge in [0.25, 0.3) is 0 Å². The third-order valence-electron chi connectivity index (χ3n) is 2.89. The quantitative estimate of drug-likeness (QED) is 0.917. The van der Waals surface area contributed by atoms with Crippen molar-refractivity contribution in [2.45, 2.75) is 13.1 Å². The minimum absolute atomic E-state index is 0.843. The van der Waals surface area contributed by atoms with E-state index in [1.807, 2.05) is 25.4 Å². The van der Waals surface area contributed by atoms with Crippen molar-refractivity contribution in [1.29, 1.82) is 0 Å². The van der Waals surface area contributed by atoms with Crippen LogP contribution in [0.25, 0.3) is 0 Å². The van der Waals surface area contributed by atoms with Crippen molar-refractivity contribution in [1.82, 2.24) is 10.3 Å². The van der Waals surface area contributed by atoms with Crippen molar-refractivity contribution >= 4 is 21.7 Å². The average Bonchev–Trinajstić information content (AvgIpc) is 2.39. The zero-order chi connectivity index (χ0) is 13.7. The normalized spacial score (nSPS) is 10.5. The van der Waals surface area contributed by atoms with Crippen LogP contribution in [0.5, 0.6) is 0 Å². The van der Waals surface area contributed by atoms with Gasteiger partial charge in [-0.1, -0.05) is 28.1 Å². The Morgan fingerprint density at radius 1 is 1.21 bits per heavy atom. The number of rotatable bonds is 5. The molecule has 100 valence electrons. The molecule has 0 amide bonds. The molecule has 0 aliphatic carbocycles. The molecule has 2 aromatic rings. The van der Waals surface area contributed by atoms with Crippen LogP contribution in [-0.2, 0) is 13.1 Å². The molecule has 1 aromatic carbocycles. The fourth-order valence-electron chi connectivity index (χ4n) is 1.97. The first-order chi connectivity index (χ1) is 9.19. The molecule has 3 nitrogen and oxygen atoms in total. The SMILES string of the molecule is CNCc1ccnc(N(C)Cc2cccc(Br)c2)c1. The van der Waals surface area contributed by atoms with Crippen molar-refractivity contribution < 1.29 is 0 Å². The summed E-state index contributed by atoms with van der Waals surface area (Å²) in [5.74, 6) is 0.993. The fraction of sp³-hybridized carbons (Fsp3) is 0.267. The van der Waals surface area contributed by atoms with Gasteiger partial charge in [0.15, 0.2) is 0 Å². The number of pyridine rings is 1. The molecule has 1 heterocycles. The Labute approximate surface area is 122 Å². The first kappa shape index (κ1) is 14.0. The molecular weight excluding hydrogens is 302 g/mol. The van der Waals surface area contributed by atoms with Gasteiger partial charge in [-0.25, -0.2) is 4.98 Å². The van der Waals surface area contributed by atoms with Gasteiger partial charge in [0, 0.05) is 30.8 Å². The first-order valence-electron chi connectivity index (χ1n) is 6.24. The van der Waals surface area contributed by atoms with Crippen LogP contribution in [0.2, 0.25) is 0 Å². The van der Waals surface area contributed by atoms with Crippen LogP contribution in [0.3, 0.4) is 0 Å². The topological polar surface area (TPSA) is 28.2 Å². The Morgan fingerprint density at radius 3 is 2.79 bits per heavy atom. The number of hydrogen-bond donors (Lipinski definition) is 1. The van der Waals surface area contributed by atoms with Crippen molar-refractivity contribution in [2.75, 3.05) is 19.0 Å². The molecule has 0 bridgehead atoms. The van der Waals surface area contributed by atoms with Crippen LogP contribution in [0.4, 0.5) is 5.82 Å². The van der Waals surface area contributed by atoms with Gasteiger partial charge in [-0.2, -0.15) is 0 Å². The molecule has 0 saturated carbocycles. The van der Waals surface area contributed by atoms with Gasteiger partial charge in [0.05, 0.1) is 0 Å². The van der Waals surface area contributed by atoms with Crippen molar-refractivity contribution in [3.63, 3.8) is 0 Å². The largest absolute Gasteiger partial charge is 0.355 e. The van der Waals surface area contributed by atoms with Gasteiger partial charge >= 0.3 is 0 Å². The lowest BCUT2D eigenvalue weighted by Gasteiger charge is -2.19. The Balaban J connectivity index is 2.11. The second-order valence-electron chi connectivity index (χ2n) is 4.54. The molecule has 0 aliphatic heterocycles. The minimum atomic E-state index is 0.843. The molecule has 1 aromatic heterocycles. The molecule has 0 radical (unpaired) electrons. The third-order valence-corrected chi connectivity index (χ3v) is 3.38. The van der Waals surface area contributed by atoms with E-state index in [2.05, 4.69) is 62.4 Å². The van der Waals surface area contributed by atoms with E-state index in [1.54, 1.807) is 0 Å². The van der Waals surface area contributed by atoms with Crippen LogP contribution in [0.1, 0.15) is 11.1 Å². The van der Waals surface area contributed by atoms with Crippen LogP contribution in [-0.4, -0.2) is 19.1 Å². The lowest BCUT2D eigenvalue weighted by atomic mass is 10.2. The van der Waals surface area contributed by atoms with E-state index in [1.165, 1.54) is 11.1 Å². The van der Waals surface area contributed by atoms with E-state index >= 15 is 0 Å². The van der Waals surface area contributed by atoms with E-state index in [0.29, 0.717) is 0 Å². The summed E-state index contributed by atoms with van der Waals surface area (Å²) in [5.41, 5.74) is 2.51. The van der Waals surface area contributed by atoms with Gasteiger partial charge in [0.1, 0.15) is 5.82 Å². The van der Waals surface area contributed by atoms with Gasteiger partial charge in [0.2, 0.25) is 0 Å². The zero-order valence-electron chi connectivity index (χ0n) is 11.2. The standard InChI is InChI=1S/C15H18BrN3/c1-17-10-12-6-7-18-15(9-12)19(2)11-13-4-3-5-14(16)8-13/h3-9,17H,10-11H2,1-2H3. The number of halogens is 1. The molecule has 4 heteroatoms. The lowest BCUT2D eigenvalue weighted by molar-refractivity contribution is 0.811. The lowest BCUT2D eigenvalue weighted by Crippen LogP contribution is -2.18. The maximum Gasteiger partial charge on any atom is 0.128 e. The van der Waals surface area contributed by atoms with Gasteiger partial charge in [-0.15, -0.1) is 0 Å². The molecule has 19 heavy (non-hydrogen) atoms. The number of anilines is 1. The van der Waals surface area contributed by atoms with E-state index < -0.39 is 0 Å². The van der Waals surface area contributed by atoms with Crippen LogP contribution in [0, 0.1) is 0 Å². The predicted octanol–water partition coefficient (Wildman–Crippen LogP) is 3.20. The Hall–Kier alpha value is -1.39. The summed E-state index contributed by atoms with van der Waals surface area (Å²) >= 11 is 3.50. The molecule has 0 spiro atoms. The number of aromatic nitrogens is 1. The van der Waals surface area contributed by atoms with E-state index in [-0.39, 0.29) is 0 Å². The third kappa shape index (κ3) is 4.04. The maximum absolute atomic E-state index is 4.43. The molecule has 2 rings (SSSR count). The summed E-state index contributed by atoms with van der Waals surface area (Å²) < 4.78 is 1.11. The second kappa shape index (κ2) is 6.68. The fourth-order valence-corrected chi connectivity index (χ4v) is 2.42. The summed E-state index contributed by atoms with van der Waals surface area (Å²) in [6.07, 6.45) is 1.86. The highest BCUT2D eigenvalue weighted by Gasteiger charge is 2.04. The number of hydrogen-bond acceptors (Lipinski definition) is 3. The number of benzene rings is 1. The van der Waals surface area contributed by atoms with E-state index in [4.69, 9.17) is 0 Å². The van der Waals surface area contributed by atoms with Crippen molar-refractivity contribution in [3.8, 4) is 0 Å². The Bertz CT molecular complexity index is 542. The molecule has 0 saturated heterocycles. The number of nitrogens with zero attached hydrogens (tertiary/aromatic N) is 2. The monoisotopic (exact) mass is 319 g/mol. The molecule has 0 atom stereocenters. The van der Waals surface area contributed by atoms with E-state index in [9.17, 15) is 0 Å². The number of nitrogens with one attached hydrogen (secondary N) is 1. The average molecular weight is 320 g/mol. The molecule has 0 fully saturated rings. The summed E-state index contributed by atoms with van der Waals surface area (Å²) in [5, 5.41) is 3.15. The highest BCUT2D eigenvalue weighted by Crippen LogP contribution is 2.17. The van der Waals surface area contributed by atoms with Crippen molar-refractivity contribution in [3.05, 3.63) is 58.2 Å². The summed E-state index contributed by atoms with van der Waals surface area (Å²) in [6, 6.07) is 12.5. The minimum Gasteiger partial charge on any atom is -0.355 e. The first-order valence-corrected chi connectivity index (χ1v) is 7.03. The Kier molecular flexibility index (Phi) is 4.93. The van der Waals surface area contributed by atoms with Crippen LogP contribution >= 0.6 is 15.9 Å². The summed E-state index contributed by atoms with van der Waals surface area (Å²) in [4.78, 5) is 6.58. The Morgan fingerprint density at radius 2 is 2.05 bits per heavy atom. The summed E-state index contributed by atoms with van der Waals surface area (Å²) in [7, 11) is 4.01. The molecule has 0 unspecified atom stereocenters.